The van der Waals surface area contributed by atoms with Crippen LogP contribution in [0.1, 0.15) is 16.1 Å². The first-order valence-corrected chi connectivity index (χ1v) is 4.81. The Labute approximate surface area is 95.1 Å². The Morgan fingerprint density at radius 3 is 2.65 bits per heavy atom. The summed E-state index contributed by atoms with van der Waals surface area (Å²) in [6, 6.07) is 3.40. The predicted molar refractivity (Wildman–Crippen MR) is 58.0 cm³/mol. The number of rotatable bonds is 2. The molecule has 0 saturated heterocycles. The molecule has 6 heteroatoms. The minimum atomic E-state index is -1.21. The number of hydrogen-bond donors (Lipinski definition) is 2. The number of H-pyrrole nitrogens is 1. The van der Waals surface area contributed by atoms with Crippen molar-refractivity contribution in [2.45, 2.75) is 6.92 Å². The third kappa shape index (κ3) is 1.84. The van der Waals surface area contributed by atoms with Crippen LogP contribution in [0.2, 0.25) is 0 Å². The van der Waals surface area contributed by atoms with Crippen LogP contribution in [0, 0.1) is 12.7 Å². The number of nitrogens with zero attached hydrogens (tertiary/aromatic N) is 1. The number of aryl methyl sites for hydroxylation is 1. The fourth-order valence-electron chi connectivity index (χ4n) is 1.58. The molecule has 1 aromatic carbocycles. The highest BCUT2D eigenvalue weighted by atomic mass is 19.1. The smallest absolute Gasteiger partial charge is 0.335 e. The lowest BCUT2D eigenvalue weighted by Gasteiger charge is -2.06. The lowest BCUT2D eigenvalue weighted by atomic mass is 10.2. The third-order valence-electron chi connectivity index (χ3n) is 2.40. The van der Waals surface area contributed by atoms with Crippen molar-refractivity contribution in [3.8, 4) is 5.69 Å². The highest BCUT2D eigenvalue weighted by Crippen LogP contribution is 2.15. The average molecular weight is 236 g/mol. The first kappa shape index (κ1) is 11.1. The van der Waals surface area contributed by atoms with Crippen LogP contribution in [0.25, 0.3) is 5.69 Å². The first-order valence-electron chi connectivity index (χ1n) is 4.81. The normalized spacial score (nSPS) is 10.5. The lowest BCUT2D eigenvalue weighted by molar-refractivity contribution is 0.0696. The molecule has 2 aromatic rings. The van der Waals surface area contributed by atoms with Gasteiger partial charge in [-0.15, -0.1) is 0 Å². The second-order valence-electron chi connectivity index (χ2n) is 3.54. The quantitative estimate of drug-likeness (QED) is 0.825. The topological polar surface area (TPSA) is 75.1 Å². The molecule has 17 heavy (non-hydrogen) atoms. The molecule has 0 amide bonds. The summed E-state index contributed by atoms with van der Waals surface area (Å²) < 4.78 is 14.8. The van der Waals surface area contributed by atoms with Crippen molar-refractivity contribution in [1.82, 2.24) is 9.55 Å². The number of benzene rings is 1. The van der Waals surface area contributed by atoms with E-state index in [-0.39, 0.29) is 11.3 Å². The SMILES string of the molecule is Cc1c[nH]c(=O)n1-c1ccc(C(=O)O)cc1F. The van der Waals surface area contributed by atoms with Crippen LogP contribution >= 0.6 is 0 Å². The van der Waals surface area contributed by atoms with Crippen molar-refractivity contribution >= 4 is 5.97 Å². The molecule has 2 N–H and O–H groups in total. The van der Waals surface area contributed by atoms with E-state index in [1.54, 1.807) is 6.92 Å². The molecule has 0 unspecified atom stereocenters. The van der Waals surface area contributed by atoms with E-state index in [9.17, 15) is 14.0 Å². The predicted octanol–water partition coefficient (Wildman–Crippen LogP) is 1.31. The number of imidazole rings is 1. The summed E-state index contributed by atoms with van der Waals surface area (Å²) in [4.78, 5) is 24.5. The molecule has 5 nitrogen and oxygen atoms in total. The maximum atomic E-state index is 13.7. The molecule has 0 fully saturated rings. The lowest BCUT2D eigenvalue weighted by Crippen LogP contribution is -2.17. The number of aromatic amines is 1. The van der Waals surface area contributed by atoms with E-state index >= 15 is 0 Å². The summed E-state index contributed by atoms with van der Waals surface area (Å²) in [5, 5.41) is 8.70. The second-order valence-corrected chi connectivity index (χ2v) is 3.54. The maximum Gasteiger partial charge on any atom is 0.335 e. The standard InChI is InChI=1S/C11H9FN2O3/c1-6-5-13-11(17)14(6)9-3-2-7(10(15)16)4-8(9)12/h2-5H,1H3,(H,13,17)(H,15,16). The summed E-state index contributed by atoms with van der Waals surface area (Å²) in [5.74, 6) is -1.97. The van der Waals surface area contributed by atoms with Crippen LogP contribution in [0.15, 0.2) is 29.2 Å². The van der Waals surface area contributed by atoms with E-state index in [0.29, 0.717) is 5.69 Å². The van der Waals surface area contributed by atoms with Crippen LogP contribution < -0.4 is 5.69 Å². The zero-order valence-electron chi connectivity index (χ0n) is 8.90. The largest absolute Gasteiger partial charge is 0.478 e. The molecule has 88 valence electrons. The Bertz CT molecular complexity index is 642. The summed E-state index contributed by atoms with van der Waals surface area (Å²) in [7, 11) is 0. The van der Waals surface area contributed by atoms with E-state index in [0.717, 1.165) is 10.6 Å². The average Bonchev–Trinajstić information content (AvgIpc) is 2.59. The van der Waals surface area contributed by atoms with Gasteiger partial charge in [0.05, 0.1) is 11.3 Å². The Balaban J connectivity index is 2.62. The van der Waals surface area contributed by atoms with Crippen molar-refractivity contribution in [2.24, 2.45) is 0 Å². The molecule has 1 aromatic heterocycles. The van der Waals surface area contributed by atoms with E-state index in [2.05, 4.69) is 4.98 Å². The van der Waals surface area contributed by atoms with Crippen molar-refractivity contribution in [1.29, 1.82) is 0 Å². The molecule has 2 rings (SSSR count). The third-order valence-corrected chi connectivity index (χ3v) is 2.40. The van der Waals surface area contributed by atoms with Gasteiger partial charge in [-0.2, -0.15) is 0 Å². The van der Waals surface area contributed by atoms with Crippen LogP contribution in [0.3, 0.4) is 0 Å². The van der Waals surface area contributed by atoms with E-state index < -0.39 is 17.5 Å². The molecule has 0 atom stereocenters. The summed E-state index contributed by atoms with van der Waals surface area (Å²) in [5.41, 5.74) is -0.0623. The molecule has 0 saturated carbocycles. The van der Waals surface area contributed by atoms with Gasteiger partial charge in [0.25, 0.3) is 0 Å². The highest BCUT2D eigenvalue weighted by molar-refractivity contribution is 5.87. The van der Waals surface area contributed by atoms with Crippen molar-refractivity contribution < 1.29 is 14.3 Å². The van der Waals surface area contributed by atoms with E-state index in [4.69, 9.17) is 5.11 Å². The Morgan fingerprint density at radius 1 is 1.47 bits per heavy atom. The van der Waals surface area contributed by atoms with Gasteiger partial charge in [0, 0.05) is 11.9 Å². The number of aromatic carboxylic acids is 1. The molecule has 0 bridgehead atoms. The number of carboxylic acids is 1. The Kier molecular flexibility index (Phi) is 2.55. The highest BCUT2D eigenvalue weighted by Gasteiger charge is 2.12. The summed E-state index contributed by atoms with van der Waals surface area (Å²) in [6.45, 7) is 1.64. The first-order chi connectivity index (χ1) is 8.00. The van der Waals surface area contributed by atoms with Gasteiger partial charge >= 0.3 is 11.7 Å². The zero-order chi connectivity index (χ0) is 12.6. The Hall–Kier alpha value is -2.37. The number of aromatic nitrogens is 2. The van der Waals surface area contributed by atoms with Gasteiger partial charge in [-0.1, -0.05) is 0 Å². The maximum absolute atomic E-state index is 13.7. The molecule has 0 radical (unpaired) electrons. The van der Waals surface area contributed by atoms with Gasteiger partial charge in [-0.3, -0.25) is 4.57 Å². The van der Waals surface area contributed by atoms with Gasteiger partial charge in [0.2, 0.25) is 0 Å². The van der Waals surface area contributed by atoms with E-state index in [1.807, 2.05) is 0 Å². The number of carbonyl (C=O) groups is 1. The molecule has 0 spiro atoms. The van der Waals surface area contributed by atoms with Gasteiger partial charge in [-0.05, 0) is 25.1 Å². The number of halogens is 1. The number of carboxylic acid groups (broad SMARTS) is 1. The minimum absolute atomic E-state index is 0.0266. The van der Waals surface area contributed by atoms with Gasteiger partial charge in [0.1, 0.15) is 5.82 Å². The molecule has 1 heterocycles. The molecular weight excluding hydrogens is 227 g/mol. The fraction of sp³-hybridized carbons (Fsp3) is 0.0909. The zero-order valence-corrected chi connectivity index (χ0v) is 8.90. The van der Waals surface area contributed by atoms with Gasteiger partial charge in [-0.25, -0.2) is 14.0 Å². The molecule has 0 aliphatic rings. The van der Waals surface area contributed by atoms with E-state index in [1.165, 1.54) is 18.3 Å². The number of hydrogen-bond acceptors (Lipinski definition) is 2. The molecular formula is C11H9FN2O3. The number of nitrogens with one attached hydrogen (secondary N) is 1. The van der Waals surface area contributed by atoms with Crippen LogP contribution in [0.5, 0.6) is 0 Å². The summed E-state index contributed by atoms with van der Waals surface area (Å²) in [6.07, 6.45) is 1.45. The van der Waals surface area contributed by atoms with Crippen molar-refractivity contribution in [3.05, 3.63) is 52.0 Å². The van der Waals surface area contributed by atoms with Gasteiger partial charge in [0.15, 0.2) is 0 Å². The second kappa shape index (κ2) is 3.89. The van der Waals surface area contributed by atoms with Crippen molar-refractivity contribution in [3.63, 3.8) is 0 Å². The van der Waals surface area contributed by atoms with Crippen LogP contribution in [-0.2, 0) is 0 Å². The van der Waals surface area contributed by atoms with Gasteiger partial charge < -0.3 is 10.1 Å². The van der Waals surface area contributed by atoms with Crippen LogP contribution in [0.4, 0.5) is 4.39 Å². The minimum Gasteiger partial charge on any atom is -0.478 e. The van der Waals surface area contributed by atoms with Crippen molar-refractivity contribution in [2.75, 3.05) is 0 Å². The summed E-state index contributed by atoms with van der Waals surface area (Å²) >= 11 is 0. The van der Waals surface area contributed by atoms with Crippen LogP contribution in [-0.4, -0.2) is 20.6 Å². The molecule has 0 aliphatic carbocycles. The Morgan fingerprint density at radius 2 is 2.18 bits per heavy atom. The monoisotopic (exact) mass is 236 g/mol. The molecule has 0 aliphatic heterocycles. The fourth-order valence-corrected chi connectivity index (χ4v) is 1.58.